The van der Waals surface area contributed by atoms with E-state index >= 15 is 0 Å². The monoisotopic (exact) mass is 620 g/mol. The minimum absolute atomic E-state index is 0. The first kappa shape index (κ1) is 34.4. The van der Waals surface area contributed by atoms with Gasteiger partial charge in [-0.05, 0) is 0 Å². The number of hydrogen-bond acceptors (Lipinski definition) is 0. The van der Waals surface area contributed by atoms with Crippen molar-refractivity contribution in [3.05, 3.63) is 113 Å². The topological polar surface area (TPSA) is 0 Å². The Hall–Kier alpha value is -1.66. The molecule has 0 spiro atoms. The third-order valence-corrected chi connectivity index (χ3v) is 7.36. The average molecular weight is 623 g/mol. The van der Waals surface area contributed by atoms with Crippen molar-refractivity contribution in [1.82, 2.24) is 0 Å². The molecule has 5 rings (SSSR count). The largest absolute Gasteiger partial charge is 1.00 e. The summed E-state index contributed by atoms with van der Waals surface area (Å²) in [5.74, 6) is 0.518. The molecule has 1 aliphatic carbocycles. The van der Waals surface area contributed by atoms with Crippen LogP contribution in [0.2, 0.25) is 0 Å². The van der Waals surface area contributed by atoms with Crippen LogP contribution in [0.3, 0.4) is 0 Å². The van der Waals surface area contributed by atoms with Crippen LogP contribution < -0.4 is 24.8 Å². The van der Waals surface area contributed by atoms with Gasteiger partial charge in [0.2, 0.25) is 0 Å². The summed E-state index contributed by atoms with van der Waals surface area (Å²) in [6, 6.07) is 28.1. The Bertz CT molecular complexity index is 1320. The molecule has 3 heteroatoms. The predicted octanol–water partition coefficient (Wildman–Crippen LogP) is 3.76. The summed E-state index contributed by atoms with van der Waals surface area (Å²) in [5, 5.41) is 5.39. The number of rotatable bonds is 1. The Labute approximate surface area is 258 Å². The molecule has 0 heterocycles. The van der Waals surface area contributed by atoms with Crippen LogP contribution in [-0.2, 0) is 29.7 Å². The fourth-order valence-electron chi connectivity index (χ4n) is 4.63. The molecule has 0 fully saturated rings. The molecule has 0 nitrogen and oxygen atoms in total. The van der Waals surface area contributed by atoms with E-state index in [-0.39, 0.29) is 30.2 Å². The summed E-state index contributed by atoms with van der Waals surface area (Å²) in [4.78, 5) is 0. The van der Waals surface area contributed by atoms with Gasteiger partial charge in [-0.25, -0.2) is 5.57 Å². The molecule has 0 amide bonds. The zero-order valence-electron chi connectivity index (χ0n) is 24.0. The van der Waals surface area contributed by atoms with Gasteiger partial charge >= 0.3 is 89.5 Å². The summed E-state index contributed by atoms with van der Waals surface area (Å²) >= 11 is 1.46. The smallest absolute Gasteiger partial charge is 0.0716 e. The van der Waals surface area contributed by atoms with E-state index in [1.807, 2.05) is 0 Å². The van der Waals surface area contributed by atoms with Crippen LogP contribution in [0.25, 0.3) is 21.5 Å². The van der Waals surface area contributed by atoms with E-state index in [0.717, 1.165) is 0 Å². The molecule has 0 saturated heterocycles. The standard InChI is InChI=1S/C13H9.C11H17.C11H14.2ClH.Zr/c1-3-7-12-10(5-1)9-11-6-2-4-8-13(11)12;1-8-6-9(2)10(7-8)11(3,4)5;1-9-5-7-10(8-6-9)11(2,3)4;;;/h1-9H;7-8H,1-5H3;1,5-8H,2-4H3;2*1H;/q2*-1;;;;+2/p-2. The SMILES string of the molecule is CC(C)(C)c1ccc([CH]=[Zr+2])cc1.CC1=[C-]C(C)C=C1C(C)(C)C.[Cl-].[Cl-].c1ccc2c(c1)[cH-]c1ccccc12. The molecule has 1 atom stereocenters. The van der Waals surface area contributed by atoms with Crippen molar-refractivity contribution < 1.29 is 49.0 Å². The second-order valence-corrected chi connectivity index (χ2v) is 12.4. The molecule has 4 aromatic rings. The van der Waals surface area contributed by atoms with Crippen molar-refractivity contribution in [2.75, 3.05) is 0 Å². The van der Waals surface area contributed by atoms with Crippen LogP contribution in [0.15, 0.2) is 96.1 Å². The first-order chi connectivity index (χ1) is 16.9. The molecule has 0 bridgehead atoms. The summed E-state index contributed by atoms with van der Waals surface area (Å²) in [6.45, 7) is 17.8. The summed E-state index contributed by atoms with van der Waals surface area (Å²) in [7, 11) is 0. The Morgan fingerprint density at radius 2 is 1.21 bits per heavy atom. The molecule has 38 heavy (non-hydrogen) atoms. The maximum absolute atomic E-state index is 3.40. The van der Waals surface area contributed by atoms with Crippen LogP contribution in [0.4, 0.5) is 0 Å². The molecule has 4 aromatic carbocycles. The second-order valence-electron chi connectivity index (χ2n) is 11.7. The van der Waals surface area contributed by atoms with Gasteiger partial charge in [0.25, 0.3) is 0 Å². The van der Waals surface area contributed by atoms with E-state index in [0.29, 0.717) is 11.3 Å². The molecule has 0 aliphatic heterocycles. The van der Waals surface area contributed by atoms with Gasteiger partial charge in [-0.3, -0.25) is 6.08 Å². The summed E-state index contributed by atoms with van der Waals surface area (Å²) in [6.07, 6.45) is 5.71. The van der Waals surface area contributed by atoms with E-state index in [2.05, 4.69) is 150 Å². The molecule has 0 saturated carbocycles. The van der Waals surface area contributed by atoms with Crippen molar-refractivity contribution in [3.8, 4) is 0 Å². The Balaban J connectivity index is 0.000000279. The molecular weight excluding hydrogens is 583 g/mol. The average Bonchev–Trinajstić information content (AvgIpc) is 3.38. The quantitative estimate of drug-likeness (QED) is 0.284. The van der Waals surface area contributed by atoms with Gasteiger partial charge in [-0.2, -0.15) is 11.6 Å². The van der Waals surface area contributed by atoms with Crippen LogP contribution in [0.1, 0.15) is 66.5 Å². The molecule has 1 aliphatic rings. The summed E-state index contributed by atoms with van der Waals surface area (Å²) in [5.41, 5.74) is 6.11. The van der Waals surface area contributed by atoms with Gasteiger partial charge in [0.1, 0.15) is 0 Å². The van der Waals surface area contributed by atoms with Crippen LogP contribution in [0, 0.1) is 17.4 Å². The third kappa shape index (κ3) is 9.22. The van der Waals surface area contributed by atoms with Crippen molar-refractivity contribution in [2.45, 2.75) is 60.8 Å². The second kappa shape index (κ2) is 14.6. The Morgan fingerprint density at radius 1 is 0.737 bits per heavy atom. The van der Waals surface area contributed by atoms with Crippen molar-refractivity contribution in [3.63, 3.8) is 0 Å². The van der Waals surface area contributed by atoms with E-state index in [9.17, 15) is 0 Å². The first-order valence-corrected chi connectivity index (χ1v) is 14.3. The predicted molar refractivity (Wildman–Crippen MR) is 156 cm³/mol. The minimum Gasteiger partial charge on any atom is -1.00 e. The normalized spacial score (nSPS) is 14.6. The van der Waals surface area contributed by atoms with Gasteiger partial charge in [-0.15, -0.1) is 39.7 Å². The maximum Gasteiger partial charge on any atom is -0.0716 e. The van der Waals surface area contributed by atoms with Gasteiger partial charge in [-0.1, -0.05) is 82.3 Å². The number of fused-ring (bicyclic) bond motifs is 3. The Kier molecular flexibility index (Phi) is 13.3. The zero-order valence-corrected chi connectivity index (χ0v) is 28.0. The molecular formula is C35H40Cl2Zr-2. The number of benzene rings is 3. The zero-order chi connectivity index (χ0) is 26.5. The van der Waals surface area contributed by atoms with E-state index < -0.39 is 0 Å². The van der Waals surface area contributed by atoms with Crippen LogP contribution in [0.5, 0.6) is 0 Å². The Morgan fingerprint density at radius 3 is 1.55 bits per heavy atom. The molecule has 200 valence electrons. The summed E-state index contributed by atoms with van der Waals surface area (Å²) < 4.78 is 2.21. The number of hydrogen-bond donors (Lipinski definition) is 0. The fraction of sp³-hybridized carbons (Fsp3) is 0.314. The van der Waals surface area contributed by atoms with Gasteiger partial charge in [0, 0.05) is 0 Å². The molecule has 0 N–H and O–H groups in total. The first-order valence-electron chi connectivity index (χ1n) is 12.9. The van der Waals surface area contributed by atoms with Crippen molar-refractivity contribution in [2.24, 2.45) is 11.3 Å². The van der Waals surface area contributed by atoms with Crippen molar-refractivity contribution in [1.29, 1.82) is 0 Å². The minimum atomic E-state index is 0. The number of allylic oxidation sites excluding steroid dienone is 4. The van der Waals surface area contributed by atoms with Crippen LogP contribution in [-0.4, -0.2) is 3.71 Å². The molecule has 0 aromatic heterocycles. The van der Waals surface area contributed by atoms with Gasteiger partial charge in [0.15, 0.2) is 0 Å². The van der Waals surface area contributed by atoms with E-state index in [1.54, 1.807) is 0 Å². The van der Waals surface area contributed by atoms with Crippen molar-refractivity contribution >= 4 is 25.3 Å². The number of halogens is 2. The van der Waals surface area contributed by atoms with Gasteiger partial charge in [0.05, 0.1) is 0 Å². The van der Waals surface area contributed by atoms with Crippen LogP contribution >= 0.6 is 0 Å². The van der Waals surface area contributed by atoms with Gasteiger partial charge < -0.3 is 24.8 Å². The maximum atomic E-state index is 3.40. The van der Waals surface area contributed by atoms with E-state index in [4.69, 9.17) is 0 Å². The third-order valence-electron chi connectivity index (χ3n) is 6.54. The molecule has 1 unspecified atom stereocenters. The van der Waals surface area contributed by atoms with E-state index in [1.165, 1.54) is 68.1 Å². The molecule has 0 radical (unpaired) electrons. The fourth-order valence-corrected chi connectivity index (χ4v) is 5.10.